The number of halogens is 1. The van der Waals surface area contributed by atoms with Crippen LogP contribution in [0.3, 0.4) is 0 Å². The monoisotopic (exact) mass is 245 g/mol. The molecule has 0 atom stereocenters. The summed E-state index contributed by atoms with van der Waals surface area (Å²) in [5.74, 6) is 0.0664. The van der Waals surface area contributed by atoms with Gasteiger partial charge in [-0.2, -0.15) is 0 Å². The summed E-state index contributed by atoms with van der Waals surface area (Å²) in [5, 5.41) is 12.8. The summed E-state index contributed by atoms with van der Waals surface area (Å²) >= 11 is 0. The standard InChI is InChI=1S/C15H16FNO/c1-10-7-15(18)11(2)6-14(10)17-9-12-4-3-5-13(16)8-12/h3-8,17-18H,9H2,1-2H3. The Balaban J connectivity index is 2.13. The number of aromatic hydroxyl groups is 1. The summed E-state index contributed by atoms with van der Waals surface area (Å²) in [6, 6.07) is 10.1. The fraction of sp³-hybridized carbons (Fsp3) is 0.200. The number of benzene rings is 2. The first kappa shape index (κ1) is 12.4. The Hall–Kier alpha value is -2.03. The van der Waals surface area contributed by atoms with Gasteiger partial charge in [0, 0.05) is 12.2 Å². The normalized spacial score (nSPS) is 10.4. The van der Waals surface area contributed by atoms with E-state index in [4.69, 9.17) is 0 Å². The van der Waals surface area contributed by atoms with E-state index in [0.717, 1.165) is 22.4 Å². The molecule has 0 fully saturated rings. The SMILES string of the molecule is Cc1cc(NCc2cccc(F)c2)c(C)cc1O. The van der Waals surface area contributed by atoms with Crippen molar-refractivity contribution in [3.63, 3.8) is 0 Å². The minimum Gasteiger partial charge on any atom is -0.508 e. The van der Waals surface area contributed by atoms with Gasteiger partial charge in [-0.25, -0.2) is 4.39 Å². The molecule has 2 nitrogen and oxygen atoms in total. The Morgan fingerprint density at radius 2 is 1.89 bits per heavy atom. The van der Waals surface area contributed by atoms with E-state index < -0.39 is 0 Å². The van der Waals surface area contributed by atoms with Crippen LogP contribution in [0.4, 0.5) is 10.1 Å². The number of anilines is 1. The number of hydrogen-bond acceptors (Lipinski definition) is 2. The lowest BCUT2D eigenvalue weighted by atomic mass is 10.1. The number of rotatable bonds is 3. The largest absolute Gasteiger partial charge is 0.508 e. The molecule has 0 aromatic heterocycles. The van der Waals surface area contributed by atoms with Gasteiger partial charge in [-0.15, -0.1) is 0 Å². The molecule has 0 radical (unpaired) electrons. The van der Waals surface area contributed by atoms with Crippen molar-refractivity contribution in [2.45, 2.75) is 20.4 Å². The number of nitrogens with one attached hydrogen (secondary N) is 1. The molecular weight excluding hydrogens is 229 g/mol. The molecule has 0 heterocycles. The highest BCUT2D eigenvalue weighted by Gasteiger charge is 2.03. The molecule has 3 heteroatoms. The molecule has 0 aliphatic carbocycles. The molecule has 0 aliphatic rings. The second-order valence-electron chi connectivity index (χ2n) is 4.44. The van der Waals surface area contributed by atoms with Crippen molar-refractivity contribution in [1.82, 2.24) is 0 Å². The van der Waals surface area contributed by atoms with Gasteiger partial charge in [0.2, 0.25) is 0 Å². The van der Waals surface area contributed by atoms with Crippen molar-refractivity contribution in [2.75, 3.05) is 5.32 Å². The molecule has 94 valence electrons. The van der Waals surface area contributed by atoms with Crippen molar-refractivity contribution < 1.29 is 9.50 Å². The van der Waals surface area contributed by atoms with E-state index in [9.17, 15) is 9.50 Å². The number of hydrogen-bond donors (Lipinski definition) is 2. The number of phenols is 1. The smallest absolute Gasteiger partial charge is 0.123 e. The van der Waals surface area contributed by atoms with Crippen LogP contribution in [-0.2, 0) is 6.54 Å². The molecule has 18 heavy (non-hydrogen) atoms. The molecule has 0 bridgehead atoms. The third-order valence-electron chi connectivity index (χ3n) is 2.91. The van der Waals surface area contributed by atoms with Crippen LogP contribution >= 0.6 is 0 Å². The van der Waals surface area contributed by atoms with E-state index in [-0.39, 0.29) is 5.82 Å². The molecule has 0 unspecified atom stereocenters. The number of aryl methyl sites for hydroxylation is 2. The van der Waals surface area contributed by atoms with E-state index in [1.165, 1.54) is 12.1 Å². The van der Waals surface area contributed by atoms with Crippen LogP contribution < -0.4 is 5.32 Å². The molecule has 0 saturated heterocycles. The first-order valence-corrected chi connectivity index (χ1v) is 5.85. The van der Waals surface area contributed by atoms with Gasteiger partial charge in [-0.1, -0.05) is 12.1 Å². The predicted molar refractivity (Wildman–Crippen MR) is 71.3 cm³/mol. The average molecular weight is 245 g/mol. The molecule has 2 N–H and O–H groups in total. The van der Waals surface area contributed by atoms with Crippen LogP contribution in [-0.4, -0.2) is 5.11 Å². The van der Waals surface area contributed by atoms with Gasteiger partial charge in [0.05, 0.1) is 0 Å². The summed E-state index contributed by atoms with van der Waals surface area (Å²) in [7, 11) is 0. The van der Waals surface area contributed by atoms with Crippen LogP contribution in [0.2, 0.25) is 0 Å². The van der Waals surface area contributed by atoms with E-state index in [1.54, 1.807) is 12.1 Å². The van der Waals surface area contributed by atoms with E-state index in [0.29, 0.717) is 12.3 Å². The van der Waals surface area contributed by atoms with Gasteiger partial charge >= 0.3 is 0 Å². The summed E-state index contributed by atoms with van der Waals surface area (Å²) in [6.07, 6.45) is 0. The second-order valence-corrected chi connectivity index (χ2v) is 4.44. The van der Waals surface area contributed by atoms with Crippen LogP contribution in [0, 0.1) is 19.7 Å². The second kappa shape index (κ2) is 5.08. The fourth-order valence-electron chi connectivity index (χ4n) is 1.84. The molecule has 0 aliphatic heterocycles. The number of phenolic OH excluding ortho intramolecular Hbond substituents is 1. The fourth-order valence-corrected chi connectivity index (χ4v) is 1.84. The molecule has 2 aromatic carbocycles. The lowest BCUT2D eigenvalue weighted by Gasteiger charge is -2.11. The zero-order valence-corrected chi connectivity index (χ0v) is 10.5. The average Bonchev–Trinajstić information content (AvgIpc) is 2.32. The summed E-state index contributed by atoms with van der Waals surface area (Å²) in [6.45, 7) is 4.33. The minimum absolute atomic E-state index is 0.229. The molecule has 0 amide bonds. The minimum atomic E-state index is -0.229. The summed E-state index contributed by atoms with van der Waals surface area (Å²) in [5.41, 5.74) is 3.63. The van der Waals surface area contributed by atoms with Crippen LogP contribution in [0.25, 0.3) is 0 Å². The lowest BCUT2D eigenvalue weighted by Crippen LogP contribution is -2.01. The third kappa shape index (κ3) is 2.80. The third-order valence-corrected chi connectivity index (χ3v) is 2.91. The van der Waals surface area contributed by atoms with Crippen LogP contribution in [0.15, 0.2) is 36.4 Å². The van der Waals surface area contributed by atoms with Gasteiger partial charge in [0.1, 0.15) is 11.6 Å². The maximum Gasteiger partial charge on any atom is 0.123 e. The lowest BCUT2D eigenvalue weighted by molar-refractivity contribution is 0.471. The summed E-state index contributed by atoms with van der Waals surface area (Å²) < 4.78 is 13.0. The molecule has 0 spiro atoms. The zero-order chi connectivity index (χ0) is 13.1. The first-order valence-electron chi connectivity index (χ1n) is 5.85. The van der Waals surface area contributed by atoms with Crippen molar-refractivity contribution in [1.29, 1.82) is 0 Å². The molecule has 0 saturated carbocycles. The van der Waals surface area contributed by atoms with Gasteiger partial charge in [-0.3, -0.25) is 0 Å². The van der Waals surface area contributed by atoms with Crippen molar-refractivity contribution in [3.05, 3.63) is 58.9 Å². The Labute approximate surface area is 106 Å². The maximum absolute atomic E-state index is 13.0. The van der Waals surface area contributed by atoms with Gasteiger partial charge in [-0.05, 0) is 54.8 Å². The van der Waals surface area contributed by atoms with E-state index >= 15 is 0 Å². The Morgan fingerprint density at radius 1 is 1.11 bits per heavy atom. The zero-order valence-electron chi connectivity index (χ0n) is 10.5. The maximum atomic E-state index is 13.0. The Morgan fingerprint density at radius 3 is 2.61 bits per heavy atom. The quantitative estimate of drug-likeness (QED) is 0.807. The topological polar surface area (TPSA) is 32.3 Å². The van der Waals surface area contributed by atoms with Crippen molar-refractivity contribution in [2.24, 2.45) is 0 Å². The van der Waals surface area contributed by atoms with Crippen molar-refractivity contribution >= 4 is 5.69 Å². The van der Waals surface area contributed by atoms with Gasteiger partial charge in [0.15, 0.2) is 0 Å². The van der Waals surface area contributed by atoms with Crippen LogP contribution in [0.1, 0.15) is 16.7 Å². The molecular formula is C15H16FNO. The highest BCUT2D eigenvalue weighted by molar-refractivity contribution is 5.56. The van der Waals surface area contributed by atoms with E-state index in [2.05, 4.69) is 5.32 Å². The molecule has 2 rings (SSSR count). The van der Waals surface area contributed by atoms with Gasteiger partial charge < -0.3 is 10.4 Å². The highest BCUT2D eigenvalue weighted by Crippen LogP contribution is 2.25. The predicted octanol–water partition coefficient (Wildman–Crippen LogP) is 3.76. The first-order chi connectivity index (χ1) is 8.56. The molecule has 2 aromatic rings. The Bertz CT molecular complexity index is 566. The van der Waals surface area contributed by atoms with E-state index in [1.807, 2.05) is 26.0 Å². The Kier molecular flexibility index (Phi) is 3.51. The van der Waals surface area contributed by atoms with Crippen LogP contribution in [0.5, 0.6) is 5.75 Å². The van der Waals surface area contributed by atoms with Crippen molar-refractivity contribution in [3.8, 4) is 5.75 Å². The van der Waals surface area contributed by atoms with Gasteiger partial charge in [0.25, 0.3) is 0 Å². The summed E-state index contributed by atoms with van der Waals surface area (Å²) in [4.78, 5) is 0. The highest BCUT2D eigenvalue weighted by atomic mass is 19.1.